The maximum Gasteiger partial charge on any atom is 0.320 e. The van der Waals surface area contributed by atoms with Gasteiger partial charge in [-0.1, -0.05) is 0 Å². The number of carboxylic acid groups (broad SMARTS) is 1. The van der Waals surface area contributed by atoms with Crippen LogP contribution in [0.3, 0.4) is 0 Å². The van der Waals surface area contributed by atoms with Crippen LogP contribution in [0.1, 0.15) is 12.8 Å². The third kappa shape index (κ3) is 9.31. The van der Waals surface area contributed by atoms with E-state index < -0.39 is 22.2 Å². The summed E-state index contributed by atoms with van der Waals surface area (Å²) in [6.45, 7) is 1.11. The number of nitrogens with two attached hydrogens (primary N) is 1. The summed E-state index contributed by atoms with van der Waals surface area (Å²) < 4.78 is 27.4. The fraction of sp³-hybridized carbons (Fsp3) is 0.889. The average molecular weight is 282 g/mol. The Balaban J connectivity index is 3.77. The largest absolute Gasteiger partial charge is 0.480 e. The summed E-state index contributed by atoms with van der Waals surface area (Å²) in [5.41, 5.74) is 5.24. The molecule has 0 rings (SSSR count). The molecule has 0 bridgehead atoms. The highest BCUT2D eigenvalue weighted by Crippen LogP contribution is 1.88. The first-order chi connectivity index (χ1) is 8.24. The number of hydrogen-bond acceptors (Lipinski definition) is 5. The minimum absolute atomic E-state index is 0.00349. The first-order valence-electron chi connectivity index (χ1n) is 5.62. The van der Waals surface area contributed by atoms with Crippen molar-refractivity contribution < 1.29 is 18.3 Å². The highest BCUT2D eigenvalue weighted by atomic mass is 32.2. The van der Waals surface area contributed by atoms with E-state index in [0.717, 1.165) is 6.54 Å². The molecular weight excluding hydrogens is 260 g/mol. The van der Waals surface area contributed by atoms with Gasteiger partial charge in [0.2, 0.25) is 0 Å². The van der Waals surface area contributed by atoms with Crippen LogP contribution in [0.2, 0.25) is 0 Å². The quantitative estimate of drug-likeness (QED) is 0.349. The van der Waals surface area contributed by atoms with Crippen LogP contribution in [0.15, 0.2) is 0 Å². The maximum atomic E-state index is 11.4. The number of carbonyl (C=O) groups is 1. The van der Waals surface area contributed by atoms with E-state index >= 15 is 0 Å². The fourth-order valence-electron chi connectivity index (χ4n) is 1.13. The Hall–Kier alpha value is -0.740. The van der Waals surface area contributed by atoms with Crippen LogP contribution in [0, 0.1) is 0 Å². The zero-order valence-electron chi connectivity index (χ0n) is 10.7. The lowest BCUT2D eigenvalue weighted by molar-refractivity contribution is -0.138. The van der Waals surface area contributed by atoms with Crippen LogP contribution in [0.4, 0.5) is 0 Å². The van der Waals surface area contributed by atoms with Gasteiger partial charge in [0, 0.05) is 13.1 Å². The van der Waals surface area contributed by atoms with Gasteiger partial charge in [0.15, 0.2) is 0 Å². The molecule has 1 atom stereocenters. The molecule has 18 heavy (non-hydrogen) atoms. The number of nitrogens with zero attached hydrogens (tertiary/aromatic N) is 1. The van der Waals surface area contributed by atoms with Gasteiger partial charge in [0.1, 0.15) is 6.04 Å². The number of rotatable bonds is 10. The van der Waals surface area contributed by atoms with E-state index in [1.165, 1.54) is 0 Å². The summed E-state index contributed by atoms with van der Waals surface area (Å²) in [6.07, 6.45) is 0.747. The standard InChI is InChI=1S/C9H22N4O4S/c1-13(2)7-3-5-11-18(16,17)12-6-4-8(10)9(14)15/h8,11-12H,3-7,10H2,1-2H3,(H,14,15)/t8-/m0/s1. The van der Waals surface area contributed by atoms with Gasteiger partial charge in [-0.25, -0.2) is 9.44 Å². The fourth-order valence-corrected chi connectivity index (χ4v) is 2.03. The molecule has 0 fully saturated rings. The first-order valence-corrected chi connectivity index (χ1v) is 7.10. The zero-order chi connectivity index (χ0) is 14.2. The second-order valence-electron chi connectivity index (χ2n) is 4.18. The monoisotopic (exact) mass is 282 g/mol. The highest BCUT2D eigenvalue weighted by molar-refractivity contribution is 7.87. The Labute approximate surface area is 108 Å². The molecule has 0 aromatic rings. The molecule has 0 aromatic heterocycles. The minimum atomic E-state index is -3.57. The molecule has 0 heterocycles. The molecule has 0 saturated carbocycles. The highest BCUT2D eigenvalue weighted by Gasteiger charge is 2.13. The summed E-state index contributed by atoms with van der Waals surface area (Å²) in [4.78, 5) is 12.4. The van der Waals surface area contributed by atoms with Gasteiger partial charge in [0.05, 0.1) is 0 Å². The lowest BCUT2D eigenvalue weighted by Gasteiger charge is -2.11. The van der Waals surface area contributed by atoms with Crippen LogP contribution < -0.4 is 15.2 Å². The Bertz CT molecular complexity index is 344. The number of carboxylic acids is 1. The Morgan fingerprint density at radius 2 is 1.89 bits per heavy atom. The van der Waals surface area contributed by atoms with Gasteiger partial charge in [-0.05, 0) is 33.5 Å². The molecule has 0 amide bonds. The molecule has 0 unspecified atom stereocenters. The van der Waals surface area contributed by atoms with Crippen molar-refractivity contribution in [2.24, 2.45) is 5.73 Å². The Morgan fingerprint density at radius 1 is 1.33 bits per heavy atom. The smallest absolute Gasteiger partial charge is 0.320 e. The van der Waals surface area contributed by atoms with Gasteiger partial charge < -0.3 is 15.7 Å². The van der Waals surface area contributed by atoms with E-state index in [2.05, 4.69) is 9.44 Å². The molecule has 108 valence electrons. The van der Waals surface area contributed by atoms with Gasteiger partial charge in [0.25, 0.3) is 10.2 Å². The molecule has 0 radical (unpaired) electrons. The third-order valence-electron chi connectivity index (χ3n) is 2.14. The summed E-state index contributed by atoms with van der Waals surface area (Å²) >= 11 is 0. The summed E-state index contributed by atoms with van der Waals surface area (Å²) in [5, 5.41) is 8.51. The van der Waals surface area contributed by atoms with Gasteiger partial charge in [-0.3, -0.25) is 4.79 Å². The molecule has 8 nitrogen and oxygen atoms in total. The lowest BCUT2D eigenvalue weighted by Crippen LogP contribution is -2.41. The van der Waals surface area contributed by atoms with E-state index in [-0.39, 0.29) is 13.0 Å². The maximum absolute atomic E-state index is 11.4. The molecule has 5 N–H and O–H groups in total. The summed E-state index contributed by atoms with van der Waals surface area (Å²) in [7, 11) is 0.238. The second kappa shape index (κ2) is 8.38. The number of aliphatic carboxylic acids is 1. The van der Waals surface area contributed by atoms with E-state index in [1.54, 1.807) is 0 Å². The van der Waals surface area contributed by atoms with Crippen LogP contribution in [0.5, 0.6) is 0 Å². The number of hydrogen-bond donors (Lipinski definition) is 4. The van der Waals surface area contributed by atoms with Crippen LogP contribution in [0.25, 0.3) is 0 Å². The average Bonchev–Trinajstić information content (AvgIpc) is 2.23. The first kappa shape index (κ1) is 17.3. The van der Waals surface area contributed by atoms with Gasteiger partial charge >= 0.3 is 5.97 Å². The Morgan fingerprint density at radius 3 is 2.39 bits per heavy atom. The normalized spacial score (nSPS) is 13.8. The predicted octanol–water partition coefficient (Wildman–Crippen LogP) is -1.84. The third-order valence-corrected chi connectivity index (χ3v) is 3.31. The van der Waals surface area contributed by atoms with Crippen molar-refractivity contribution in [3.05, 3.63) is 0 Å². The molecule has 9 heteroatoms. The van der Waals surface area contributed by atoms with Crippen molar-refractivity contribution >= 4 is 16.2 Å². The van der Waals surface area contributed by atoms with E-state index in [4.69, 9.17) is 10.8 Å². The minimum Gasteiger partial charge on any atom is -0.480 e. The molecule has 0 spiro atoms. The summed E-state index contributed by atoms with van der Waals surface area (Å²) in [5.74, 6) is -1.15. The topological polar surface area (TPSA) is 125 Å². The van der Waals surface area contributed by atoms with E-state index in [9.17, 15) is 13.2 Å². The molecular formula is C9H22N4O4S. The van der Waals surface area contributed by atoms with E-state index in [0.29, 0.717) is 13.0 Å². The lowest BCUT2D eigenvalue weighted by atomic mass is 10.2. The zero-order valence-corrected chi connectivity index (χ0v) is 11.5. The van der Waals surface area contributed by atoms with Crippen LogP contribution in [-0.4, -0.2) is 64.2 Å². The van der Waals surface area contributed by atoms with Crippen molar-refractivity contribution in [3.8, 4) is 0 Å². The SMILES string of the molecule is CN(C)CCCNS(=O)(=O)NCC[C@H](N)C(=O)O. The van der Waals surface area contributed by atoms with Crippen molar-refractivity contribution in [1.82, 2.24) is 14.3 Å². The molecule has 0 aliphatic heterocycles. The van der Waals surface area contributed by atoms with Crippen molar-refractivity contribution in [3.63, 3.8) is 0 Å². The van der Waals surface area contributed by atoms with Gasteiger partial charge in [-0.15, -0.1) is 0 Å². The Kier molecular flexibility index (Phi) is 8.03. The molecule has 0 saturated heterocycles. The van der Waals surface area contributed by atoms with Crippen molar-refractivity contribution in [2.45, 2.75) is 18.9 Å². The summed E-state index contributed by atoms with van der Waals surface area (Å²) in [6, 6.07) is -1.05. The molecule has 0 aliphatic rings. The van der Waals surface area contributed by atoms with Crippen molar-refractivity contribution in [1.29, 1.82) is 0 Å². The predicted molar refractivity (Wildman–Crippen MR) is 68.3 cm³/mol. The second-order valence-corrected chi connectivity index (χ2v) is 5.77. The van der Waals surface area contributed by atoms with Crippen LogP contribution >= 0.6 is 0 Å². The number of nitrogens with one attached hydrogen (secondary N) is 2. The van der Waals surface area contributed by atoms with Crippen molar-refractivity contribution in [2.75, 3.05) is 33.7 Å². The van der Waals surface area contributed by atoms with Gasteiger partial charge in [-0.2, -0.15) is 8.42 Å². The van der Waals surface area contributed by atoms with Crippen LogP contribution in [-0.2, 0) is 15.0 Å². The van der Waals surface area contributed by atoms with E-state index in [1.807, 2.05) is 19.0 Å². The molecule has 0 aliphatic carbocycles. The molecule has 0 aromatic carbocycles.